The van der Waals surface area contributed by atoms with Crippen molar-refractivity contribution in [2.75, 3.05) is 0 Å². The maximum Gasteiger partial charge on any atom is 0.124 e. The zero-order valence-electron chi connectivity index (χ0n) is 7.42. The third kappa shape index (κ3) is 1.21. The summed E-state index contributed by atoms with van der Waals surface area (Å²) in [5.41, 5.74) is 7.40. The number of halogens is 1. The molecular weight excluding hydrogens is 167 g/mol. The highest BCUT2D eigenvalue weighted by molar-refractivity contribution is 5.83. The van der Waals surface area contributed by atoms with E-state index in [1.807, 2.05) is 23.9 Å². The van der Waals surface area contributed by atoms with Crippen molar-refractivity contribution < 1.29 is 4.39 Å². The van der Waals surface area contributed by atoms with Crippen LogP contribution in [0.3, 0.4) is 0 Å². The fraction of sp³-hybridized carbons (Fsp3) is 0.200. The van der Waals surface area contributed by atoms with Crippen LogP contribution in [0.2, 0.25) is 0 Å². The van der Waals surface area contributed by atoms with E-state index in [1.54, 1.807) is 0 Å². The lowest BCUT2D eigenvalue weighted by Gasteiger charge is -2.03. The molecule has 0 aliphatic heterocycles. The molecule has 0 unspecified atom stereocenters. The number of hydrogen-bond acceptors (Lipinski definition) is 1. The van der Waals surface area contributed by atoms with Gasteiger partial charge in [0, 0.05) is 25.2 Å². The van der Waals surface area contributed by atoms with Crippen LogP contribution in [0.4, 0.5) is 4.39 Å². The highest BCUT2D eigenvalue weighted by Crippen LogP contribution is 2.20. The molecule has 13 heavy (non-hydrogen) atoms. The number of aryl methyl sites for hydroxylation is 1. The van der Waals surface area contributed by atoms with E-state index < -0.39 is 0 Å². The van der Waals surface area contributed by atoms with E-state index in [4.69, 9.17) is 5.73 Å². The average Bonchev–Trinajstić information content (AvgIpc) is 2.46. The summed E-state index contributed by atoms with van der Waals surface area (Å²) in [6.45, 7) is 0.367. The fourth-order valence-corrected chi connectivity index (χ4v) is 1.66. The van der Waals surface area contributed by atoms with Crippen molar-refractivity contribution in [3.8, 4) is 0 Å². The lowest BCUT2D eigenvalue weighted by Crippen LogP contribution is -2.00. The van der Waals surface area contributed by atoms with Gasteiger partial charge in [-0.15, -0.1) is 0 Å². The second-order valence-electron chi connectivity index (χ2n) is 3.13. The van der Waals surface area contributed by atoms with Gasteiger partial charge in [0.15, 0.2) is 0 Å². The van der Waals surface area contributed by atoms with Crippen molar-refractivity contribution in [2.24, 2.45) is 12.8 Å². The summed E-state index contributed by atoms with van der Waals surface area (Å²) in [6, 6.07) is 4.90. The molecule has 2 rings (SSSR count). The highest BCUT2D eigenvalue weighted by Gasteiger charge is 2.05. The Kier molecular flexibility index (Phi) is 1.81. The molecular formula is C10H11FN2. The highest BCUT2D eigenvalue weighted by atomic mass is 19.1. The third-order valence-corrected chi connectivity index (χ3v) is 2.23. The van der Waals surface area contributed by atoms with Crippen LogP contribution < -0.4 is 5.73 Å². The molecule has 0 amide bonds. The van der Waals surface area contributed by atoms with Gasteiger partial charge >= 0.3 is 0 Å². The summed E-state index contributed by atoms with van der Waals surface area (Å²) < 4.78 is 15.0. The Hall–Kier alpha value is -1.35. The molecule has 0 saturated heterocycles. The zero-order chi connectivity index (χ0) is 9.42. The van der Waals surface area contributed by atoms with Gasteiger partial charge in [-0.2, -0.15) is 0 Å². The van der Waals surface area contributed by atoms with Crippen molar-refractivity contribution >= 4 is 10.9 Å². The van der Waals surface area contributed by atoms with E-state index in [1.165, 1.54) is 12.1 Å². The minimum atomic E-state index is -0.223. The lowest BCUT2D eigenvalue weighted by atomic mass is 10.1. The predicted octanol–water partition coefficient (Wildman–Crippen LogP) is 1.78. The number of nitrogens with two attached hydrogens (primary N) is 1. The maximum absolute atomic E-state index is 13.0. The van der Waals surface area contributed by atoms with Crippen molar-refractivity contribution in [2.45, 2.75) is 6.54 Å². The molecule has 68 valence electrons. The van der Waals surface area contributed by atoms with Gasteiger partial charge in [-0.25, -0.2) is 4.39 Å². The molecule has 0 aliphatic rings. The SMILES string of the molecule is Cn1ccc2cc(F)cc(CN)c21. The first-order valence-corrected chi connectivity index (χ1v) is 4.16. The number of benzene rings is 1. The summed E-state index contributed by atoms with van der Waals surface area (Å²) in [7, 11) is 1.93. The molecule has 0 aliphatic carbocycles. The van der Waals surface area contributed by atoms with E-state index in [2.05, 4.69) is 0 Å². The Bertz CT molecular complexity index is 445. The zero-order valence-corrected chi connectivity index (χ0v) is 7.42. The van der Waals surface area contributed by atoms with Gasteiger partial charge in [0.1, 0.15) is 5.82 Å². The molecule has 2 nitrogen and oxygen atoms in total. The van der Waals surface area contributed by atoms with Gasteiger partial charge in [0.05, 0.1) is 5.52 Å². The standard InChI is InChI=1S/C10H11FN2/c1-13-3-2-7-4-9(11)5-8(6-12)10(7)13/h2-5H,6,12H2,1H3. The van der Waals surface area contributed by atoms with E-state index >= 15 is 0 Å². The molecule has 3 heteroatoms. The number of nitrogens with zero attached hydrogens (tertiary/aromatic N) is 1. The summed E-state index contributed by atoms with van der Waals surface area (Å²) in [5, 5.41) is 0.906. The molecule has 0 fully saturated rings. The molecule has 2 N–H and O–H groups in total. The smallest absolute Gasteiger partial charge is 0.124 e. The van der Waals surface area contributed by atoms with Crippen molar-refractivity contribution in [1.29, 1.82) is 0 Å². The Labute approximate surface area is 75.8 Å². The Morgan fingerprint density at radius 3 is 2.92 bits per heavy atom. The van der Waals surface area contributed by atoms with Gasteiger partial charge in [-0.05, 0) is 23.8 Å². The van der Waals surface area contributed by atoms with Gasteiger partial charge < -0.3 is 10.3 Å². The Balaban J connectivity index is 2.85. The van der Waals surface area contributed by atoms with Crippen LogP contribution in [0.5, 0.6) is 0 Å². The van der Waals surface area contributed by atoms with E-state index in [0.717, 1.165) is 16.5 Å². The quantitative estimate of drug-likeness (QED) is 0.709. The van der Waals surface area contributed by atoms with E-state index in [0.29, 0.717) is 6.54 Å². The molecule has 0 bridgehead atoms. The number of rotatable bonds is 1. The van der Waals surface area contributed by atoms with Crippen LogP contribution >= 0.6 is 0 Å². The maximum atomic E-state index is 13.0. The van der Waals surface area contributed by atoms with Crippen LogP contribution in [0.15, 0.2) is 24.4 Å². The molecule has 1 aromatic carbocycles. The van der Waals surface area contributed by atoms with Gasteiger partial charge in [-0.3, -0.25) is 0 Å². The summed E-state index contributed by atoms with van der Waals surface area (Å²) in [4.78, 5) is 0. The van der Waals surface area contributed by atoms with Gasteiger partial charge in [-0.1, -0.05) is 0 Å². The minimum Gasteiger partial charge on any atom is -0.350 e. The Morgan fingerprint density at radius 2 is 2.23 bits per heavy atom. The first-order valence-electron chi connectivity index (χ1n) is 4.16. The minimum absolute atomic E-state index is 0.223. The van der Waals surface area contributed by atoms with E-state index in [-0.39, 0.29) is 5.82 Å². The first-order chi connectivity index (χ1) is 6.22. The van der Waals surface area contributed by atoms with E-state index in [9.17, 15) is 4.39 Å². The normalized spacial score (nSPS) is 11.0. The summed E-state index contributed by atoms with van der Waals surface area (Å²) >= 11 is 0. The largest absolute Gasteiger partial charge is 0.350 e. The van der Waals surface area contributed by atoms with Gasteiger partial charge in [0.2, 0.25) is 0 Å². The summed E-state index contributed by atoms with van der Waals surface area (Å²) in [6.07, 6.45) is 1.91. The van der Waals surface area contributed by atoms with Crippen LogP contribution in [0.25, 0.3) is 10.9 Å². The number of aromatic nitrogens is 1. The average molecular weight is 178 g/mol. The third-order valence-electron chi connectivity index (χ3n) is 2.23. The topological polar surface area (TPSA) is 30.9 Å². The fourth-order valence-electron chi connectivity index (χ4n) is 1.66. The van der Waals surface area contributed by atoms with Crippen molar-refractivity contribution in [3.63, 3.8) is 0 Å². The lowest BCUT2D eigenvalue weighted by molar-refractivity contribution is 0.627. The molecule has 0 radical (unpaired) electrons. The molecule has 2 aromatic rings. The number of hydrogen-bond donors (Lipinski definition) is 1. The summed E-state index contributed by atoms with van der Waals surface area (Å²) in [5.74, 6) is -0.223. The molecule has 0 saturated carbocycles. The molecule has 0 atom stereocenters. The molecule has 0 spiro atoms. The van der Waals surface area contributed by atoms with Crippen LogP contribution in [-0.4, -0.2) is 4.57 Å². The van der Waals surface area contributed by atoms with Crippen molar-refractivity contribution in [1.82, 2.24) is 4.57 Å². The van der Waals surface area contributed by atoms with Gasteiger partial charge in [0.25, 0.3) is 0 Å². The monoisotopic (exact) mass is 178 g/mol. The van der Waals surface area contributed by atoms with Crippen LogP contribution in [0.1, 0.15) is 5.56 Å². The second kappa shape index (κ2) is 2.85. The first kappa shape index (κ1) is 8.26. The molecule has 1 heterocycles. The Morgan fingerprint density at radius 1 is 1.46 bits per heavy atom. The van der Waals surface area contributed by atoms with Crippen LogP contribution in [-0.2, 0) is 13.6 Å². The number of fused-ring (bicyclic) bond motifs is 1. The van der Waals surface area contributed by atoms with Crippen LogP contribution in [0, 0.1) is 5.82 Å². The predicted molar refractivity (Wildman–Crippen MR) is 50.8 cm³/mol. The second-order valence-corrected chi connectivity index (χ2v) is 3.13. The molecule has 1 aromatic heterocycles. The van der Waals surface area contributed by atoms with Crippen molar-refractivity contribution in [3.05, 3.63) is 35.8 Å².